The number of halogens is 1. The number of carboxylic acid groups (broad SMARTS) is 1. The molecule has 0 saturated carbocycles. The molecule has 37 heavy (non-hydrogen) atoms. The van der Waals surface area contributed by atoms with Crippen LogP contribution in [0.1, 0.15) is 25.5 Å². The molecule has 10 nitrogen and oxygen atoms in total. The van der Waals surface area contributed by atoms with Crippen LogP contribution in [0.15, 0.2) is 55.0 Å². The molecule has 2 aromatic carbocycles. The standard InChI is InChI=1S/C26H24FN5O5/c1-4-5-23(33)32(19-8-6-18(7-9-19)31-26(34)35)37-22-12-16(10-20-15(2)29-14-30-24(20)22)17-11-21(27)25(36-3)28-13-17/h6-14,31H,4-5H2,1-3H3,(H,34,35). The van der Waals surface area contributed by atoms with Crippen molar-refractivity contribution >= 4 is 34.3 Å². The lowest BCUT2D eigenvalue weighted by molar-refractivity contribution is -0.122. The second-order valence-corrected chi connectivity index (χ2v) is 8.05. The first kappa shape index (κ1) is 25.3. The number of carbonyl (C=O) groups excluding carboxylic acids is 1. The van der Waals surface area contributed by atoms with Gasteiger partial charge in [0, 0.05) is 34.9 Å². The summed E-state index contributed by atoms with van der Waals surface area (Å²) in [7, 11) is 1.33. The second-order valence-electron chi connectivity index (χ2n) is 8.05. The van der Waals surface area contributed by atoms with Gasteiger partial charge in [0.15, 0.2) is 11.6 Å². The highest BCUT2D eigenvalue weighted by Crippen LogP contribution is 2.34. The van der Waals surface area contributed by atoms with Gasteiger partial charge in [-0.2, -0.15) is 0 Å². The van der Waals surface area contributed by atoms with E-state index in [9.17, 15) is 14.0 Å². The number of hydrogen-bond acceptors (Lipinski definition) is 7. The Morgan fingerprint density at radius 3 is 2.49 bits per heavy atom. The molecule has 0 unspecified atom stereocenters. The van der Waals surface area contributed by atoms with Gasteiger partial charge >= 0.3 is 6.09 Å². The summed E-state index contributed by atoms with van der Waals surface area (Å²) in [6.07, 6.45) is 2.44. The fourth-order valence-electron chi connectivity index (χ4n) is 3.69. The summed E-state index contributed by atoms with van der Waals surface area (Å²) in [5, 5.41) is 13.0. The number of fused-ring (bicyclic) bond motifs is 1. The molecule has 190 valence electrons. The second kappa shape index (κ2) is 10.9. The van der Waals surface area contributed by atoms with Gasteiger partial charge in [-0.1, -0.05) is 6.92 Å². The van der Waals surface area contributed by atoms with E-state index in [1.165, 1.54) is 37.8 Å². The Morgan fingerprint density at radius 1 is 1.08 bits per heavy atom. The molecule has 0 aliphatic carbocycles. The first-order valence-electron chi connectivity index (χ1n) is 11.4. The number of nitrogens with zero attached hydrogens (tertiary/aromatic N) is 4. The van der Waals surface area contributed by atoms with Crippen LogP contribution >= 0.6 is 0 Å². The lowest BCUT2D eigenvalue weighted by atomic mass is 10.0. The van der Waals surface area contributed by atoms with Crippen LogP contribution in [-0.2, 0) is 4.79 Å². The molecule has 0 aliphatic heterocycles. The lowest BCUT2D eigenvalue weighted by Gasteiger charge is -2.24. The number of hydrogen-bond donors (Lipinski definition) is 2. The molecule has 0 atom stereocenters. The van der Waals surface area contributed by atoms with Crippen LogP contribution in [0, 0.1) is 12.7 Å². The largest absolute Gasteiger partial charge is 0.479 e. The zero-order valence-corrected chi connectivity index (χ0v) is 20.4. The maximum absolute atomic E-state index is 14.4. The van der Waals surface area contributed by atoms with Gasteiger partial charge in [0.25, 0.3) is 5.91 Å². The third kappa shape index (κ3) is 5.56. The number of anilines is 2. The Kier molecular flexibility index (Phi) is 7.42. The van der Waals surface area contributed by atoms with Gasteiger partial charge in [0.05, 0.1) is 12.8 Å². The molecule has 4 rings (SSSR count). The van der Waals surface area contributed by atoms with Crippen LogP contribution in [0.4, 0.5) is 20.6 Å². The first-order chi connectivity index (χ1) is 17.8. The quantitative estimate of drug-likeness (QED) is 0.306. The summed E-state index contributed by atoms with van der Waals surface area (Å²) in [4.78, 5) is 42.8. The monoisotopic (exact) mass is 505 g/mol. The minimum absolute atomic E-state index is 0.127. The molecular weight excluding hydrogens is 481 g/mol. The number of methoxy groups -OCH3 is 1. The van der Waals surface area contributed by atoms with E-state index >= 15 is 0 Å². The molecular formula is C26H24FN5O5. The van der Waals surface area contributed by atoms with Gasteiger partial charge in [-0.05, 0) is 61.4 Å². The highest BCUT2D eigenvalue weighted by atomic mass is 19.1. The Morgan fingerprint density at radius 2 is 1.84 bits per heavy atom. The molecule has 0 fully saturated rings. The van der Waals surface area contributed by atoms with Crippen LogP contribution < -0.4 is 20.0 Å². The fraction of sp³-hybridized carbons (Fsp3) is 0.192. The van der Waals surface area contributed by atoms with E-state index < -0.39 is 11.9 Å². The molecule has 0 radical (unpaired) electrons. The van der Waals surface area contributed by atoms with Gasteiger partial charge in [-0.3, -0.25) is 10.1 Å². The number of nitrogens with one attached hydrogen (secondary N) is 1. The van der Waals surface area contributed by atoms with Crippen molar-refractivity contribution in [2.75, 3.05) is 17.5 Å². The molecule has 2 heterocycles. The average molecular weight is 506 g/mol. The first-order valence-corrected chi connectivity index (χ1v) is 11.4. The van der Waals surface area contributed by atoms with Crippen LogP contribution in [-0.4, -0.2) is 39.2 Å². The third-order valence-corrected chi connectivity index (χ3v) is 5.47. The number of amides is 2. The van der Waals surface area contributed by atoms with Crippen molar-refractivity contribution in [3.8, 4) is 22.8 Å². The van der Waals surface area contributed by atoms with E-state index in [1.807, 2.05) is 6.92 Å². The van der Waals surface area contributed by atoms with Crippen LogP contribution in [0.2, 0.25) is 0 Å². The van der Waals surface area contributed by atoms with E-state index in [0.29, 0.717) is 45.5 Å². The van der Waals surface area contributed by atoms with Crippen molar-refractivity contribution in [3.05, 3.63) is 66.5 Å². The van der Waals surface area contributed by atoms with Crippen LogP contribution in [0.3, 0.4) is 0 Å². The number of aryl methyl sites for hydroxylation is 1. The van der Waals surface area contributed by atoms with Crippen molar-refractivity contribution in [3.63, 3.8) is 0 Å². The van der Waals surface area contributed by atoms with E-state index in [1.54, 1.807) is 31.2 Å². The highest BCUT2D eigenvalue weighted by molar-refractivity contribution is 5.95. The summed E-state index contributed by atoms with van der Waals surface area (Å²) >= 11 is 0. The Hall–Kier alpha value is -4.80. The number of ether oxygens (including phenoxy) is 1. The number of pyridine rings is 1. The van der Waals surface area contributed by atoms with Crippen molar-refractivity contribution < 1.29 is 28.7 Å². The molecule has 11 heteroatoms. The van der Waals surface area contributed by atoms with E-state index in [0.717, 1.165) is 5.06 Å². The van der Waals surface area contributed by atoms with Crippen molar-refractivity contribution in [1.82, 2.24) is 15.0 Å². The Balaban J connectivity index is 1.81. The molecule has 0 aliphatic rings. The summed E-state index contributed by atoms with van der Waals surface area (Å²) in [5.74, 6) is -0.828. The number of aromatic nitrogens is 3. The van der Waals surface area contributed by atoms with E-state index in [-0.39, 0.29) is 24.0 Å². The van der Waals surface area contributed by atoms with Crippen molar-refractivity contribution in [1.29, 1.82) is 0 Å². The molecule has 2 N–H and O–H groups in total. The fourth-order valence-corrected chi connectivity index (χ4v) is 3.69. The normalized spacial score (nSPS) is 10.7. The smallest absolute Gasteiger partial charge is 0.409 e. The highest BCUT2D eigenvalue weighted by Gasteiger charge is 2.21. The van der Waals surface area contributed by atoms with Crippen molar-refractivity contribution in [2.45, 2.75) is 26.7 Å². The molecule has 4 aromatic rings. The molecule has 2 amide bonds. The topological polar surface area (TPSA) is 127 Å². The molecule has 0 spiro atoms. The van der Waals surface area contributed by atoms with Gasteiger partial charge in [0.1, 0.15) is 11.8 Å². The summed E-state index contributed by atoms with van der Waals surface area (Å²) < 4.78 is 19.3. The zero-order valence-electron chi connectivity index (χ0n) is 20.4. The van der Waals surface area contributed by atoms with Gasteiger partial charge in [0.2, 0.25) is 5.88 Å². The van der Waals surface area contributed by atoms with Gasteiger partial charge in [-0.25, -0.2) is 24.1 Å². The van der Waals surface area contributed by atoms with Crippen LogP contribution in [0.5, 0.6) is 11.6 Å². The SMILES string of the molecule is CCCC(=O)N(Oc1cc(-c2cnc(OC)c(F)c2)cc2c(C)ncnc12)c1ccc(NC(=O)O)cc1. The minimum Gasteiger partial charge on any atom is -0.479 e. The molecule has 2 aromatic heterocycles. The van der Waals surface area contributed by atoms with Gasteiger partial charge in [-0.15, -0.1) is 5.06 Å². The third-order valence-electron chi connectivity index (χ3n) is 5.47. The maximum atomic E-state index is 14.4. The summed E-state index contributed by atoms with van der Waals surface area (Å²) in [6, 6.07) is 10.9. The van der Waals surface area contributed by atoms with Gasteiger partial charge < -0.3 is 14.7 Å². The molecule has 0 bridgehead atoms. The lowest BCUT2D eigenvalue weighted by Crippen LogP contribution is -2.34. The van der Waals surface area contributed by atoms with Crippen molar-refractivity contribution in [2.24, 2.45) is 0 Å². The predicted molar refractivity (Wildman–Crippen MR) is 135 cm³/mol. The number of carbonyl (C=O) groups is 2. The number of hydroxylamine groups is 1. The van der Waals surface area contributed by atoms with Crippen LogP contribution in [0.25, 0.3) is 22.0 Å². The average Bonchev–Trinajstić information content (AvgIpc) is 2.88. The Bertz CT molecular complexity index is 1460. The minimum atomic E-state index is -1.20. The summed E-state index contributed by atoms with van der Waals surface area (Å²) in [5.41, 5.74) is 2.87. The zero-order chi connectivity index (χ0) is 26.5. The Labute approximate surface area is 211 Å². The molecule has 0 saturated heterocycles. The number of rotatable bonds is 8. The predicted octanol–water partition coefficient (Wildman–Crippen LogP) is 5.36. The van der Waals surface area contributed by atoms with E-state index in [4.69, 9.17) is 14.7 Å². The number of benzene rings is 2. The summed E-state index contributed by atoms with van der Waals surface area (Å²) in [6.45, 7) is 3.67. The van der Waals surface area contributed by atoms with E-state index in [2.05, 4.69) is 20.3 Å². The maximum Gasteiger partial charge on any atom is 0.409 e.